The molecule has 70 valence electrons. The Morgan fingerprint density at radius 3 is 3.00 bits per heavy atom. The van der Waals surface area contributed by atoms with Gasteiger partial charge in [-0.25, -0.2) is 0 Å². The van der Waals surface area contributed by atoms with Crippen LogP contribution in [0.3, 0.4) is 0 Å². The molecule has 5 nitrogen and oxygen atoms in total. The second kappa shape index (κ2) is 3.18. The lowest BCUT2D eigenvalue weighted by Crippen LogP contribution is -2.37. The highest BCUT2D eigenvalue weighted by atomic mass is 16.2. The molecule has 0 aromatic carbocycles. The number of aromatic amines is 1. The van der Waals surface area contributed by atoms with Crippen LogP contribution in [-0.2, 0) is 0 Å². The molecule has 5 heteroatoms. The summed E-state index contributed by atoms with van der Waals surface area (Å²) >= 11 is 0. The molecule has 0 amide bonds. The lowest BCUT2D eigenvalue weighted by atomic mass is 10.2. The van der Waals surface area contributed by atoms with Crippen molar-refractivity contribution in [1.82, 2.24) is 14.9 Å². The maximum atomic E-state index is 11.3. The summed E-state index contributed by atoms with van der Waals surface area (Å²) < 4.78 is 1.50. The van der Waals surface area contributed by atoms with E-state index in [-0.39, 0.29) is 6.04 Å². The van der Waals surface area contributed by atoms with E-state index in [2.05, 4.69) is 10.3 Å². The predicted octanol–water partition coefficient (Wildman–Crippen LogP) is -0.929. The van der Waals surface area contributed by atoms with Gasteiger partial charge >= 0.3 is 11.1 Å². The molecule has 1 unspecified atom stereocenters. The Morgan fingerprint density at radius 1 is 1.46 bits per heavy atom. The van der Waals surface area contributed by atoms with E-state index in [1.54, 1.807) is 6.20 Å². The SMILES string of the molecule is O=c1[nH]ccn(C2CCNC2)c1=O. The van der Waals surface area contributed by atoms with Crippen LogP contribution in [-0.4, -0.2) is 22.6 Å². The second-order valence-electron chi connectivity index (χ2n) is 3.15. The summed E-state index contributed by atoms with van der Waals surface area (Å²) in [5, 5.41) is 3.15. The average molecular weight is 181 g/mol. The van der Waals surface area contributed by atoms with Gasteiger partial charge in [-0.05, 0) is 13.0 Å². The van der Waals surface area contributed by atoms with Crippen LogP contribution in [0.4, 0.5) is 0 Å². The highest BCUT2D eigenvalue weighted by Gasteiger charge is 2.17. The monoisotopic (exact) mass is 181 g/mol. The van der Waals surface area contributed by atoms with Gasteiger partial charge in [-0.15, -0.1) is 0 Å². The third-order valence-electron chi connectivity index (χ3n) is 2.31. The molecule has 1 aliphatic heterocycles. The molecular weight excluding hydrogens is 170 g/mol. The zero-order chi connectivity index (χ0) is 9.26. The molecule has 2 heterocycles. The van der Waals surface area contributed by atoms with Crippen LogP contribution in [0.25, 0.3) is 0 Å². The van der Waals surface area contributed by atoms with Gasteiger partial charge in [-0.2, -0.15) is 0 Å². The van der Waals surface area contributed by atoms with Crippen molar-refractivity contribution in [2.75, 3.05) is 13.1 Å². The van der Waals surface area contributed by atoms with Crippen molar-refractivity contribution in [1.29, 1.82) is 0 Å². The van der Waals surface area contributed by atoms with Crippen LogP contribution in [0.15, 0.2) is 22.0 Å². The Hall–Kier alpha value is -1.36. The largest absolute Gasteiger partial charge is 0.323 e. The van der Waals surface area contributed by atoms with Crippen molar-refractivity contribution in [3.05, 3.63) is 33.1 Å². The quantitative estimate of drug-likeness (QED) is 0.550. The molecule has 1 atom stereocenters. The molecule has 0 bridgehead atoms. The molecule has 2 rings (SSSR count). The zero-order valence-corrected chi connectivity index (χ0v) is 7.12. The van der Waals surface area contributed by atoms with E-state index < -0.39 is 11.1 Å². The minimum Gasteiger partial charge on any atom is -0.323 e. The van der Waals surface area contributed by atoms with Crippen molar-refractivity contribution in [2.45, 2.75) is 12.5 Å². The molecule has 1 fully saturated rings. The Kier molecular flexibility index (Phi) is 2.02. The van der Waals surface area contributed by atoms with Gasteiger partial charge in [0.1, 0.15) is 0 Å². The van der Waals surface area contributed by atoms with Gasteiger partial charge in [-0.3, -0.25) is 9.59 Å². The Morgan fingerprint density at radius 2 is 2.31 bits per heavy atom. The first-order valence-electron chi connectivity index (χ1n) is 4.29. The first-order chi connectivity index (χ1) is 6.29. The van der Waals surface area contributed by atoms with Gasteiger partial charge in [0.2, 0.25) is 0 Å². The maximum absolute atomic E-state index is 11.3. The van der Waals surface area contributed by atoms with Crippen molar-refractivity contribution in [2.24, 2.45) is 0 Å². The van der Waals surface area contributed by atoms with Crippen LogP contribution >= 0.6 is 0 Å². The standard InChI is InChI=1S/C8H11N3O2/c12-7-8(13)11(4-3-10-7)6-1-2-9-5-6/h3-4,6,9H,1-2,5H2,(H,10,12). The van der Waals surface area contributed by atoms with Crippen LogP contribution in [0.1, 0.15) is 12.5 Å². The lowest BCUT2D eigenvalue weighted by molar-refractivity contribution is 0.522. The molecule has 13 heavy (non-hydrogen) atoms. The molecule has 0 saturated carbocycles. The lowest BCUT2D eigenvalue weighted by Gasteiger charge is -2.10. The predicted molar refractivity (Wildman–Crippen MR) is 47.8 cm³/mol. The maximum Gasteiger partial charge on any atom is 0.316 e. The van der Waals surface area contributed by atoms with Gasteiger partial charge in [-0.1, -0.05) is 0 Å². The number of nitrogens with zero attached hydrogens (tertiary/aromatic N) is 1. The van der Waals surface area contributed by atoms with Crippen molar-refractivity contribution in [3.8, 4) is 0 Å². The molecule has 0 spiro atoms. The fourth-order valence-corrected chi connectivity index (χ4v) is 1.60. The summed E-state index contributed by atoms with van der Waals surface area (Å²) in [6.07, 6.45) is 4.03. The topological polar surface area (TPSA) is 66.9 Å². The summed E-state index contributed by atoms with van der Waals surface area (Å²) in [4.78, 5) is 24.7. The molecule has 1 saturated heterocycles. The van der Waals surface area contributed by atoms with Crippen LogP contribution in [0.5, 0.6) is 0 Å². The normalized spacial score (nSPS) is 22.0. The number of hydrogen-bond donors (Lipinski definition) is 2. The highest BCUT2D eigenvalue weighted by Crippen LogP contribution is 2.10. The average Bonchev–Trinajstić information content (AvgIpc) is 2.62. The minimum atomic E-state index is -0.547. The number of H-pyrrole nitrogens is 1. The molecule has 1 aliphatic rings. The Labute approximate surface area is 74.4 Å². The Balaban J connectivity index is 2.45. The van der Waals surface area contributed by atoms with E-state index in [9.17, 15) is 9.59 Å². The third-order valence-corrected chi connectivity index (χ3v) is 2.31. The van der Waals surface area contributed by atoms with Crippen LogP contribution in [0, 0.1) is 0 Å². The van der Waals surface area contributed by atoms with E-state index in [1.165, 1.54) is 10.8 Å². The molecule has 0 radical (unpaired) electrons. The fraction of sp³-hybridized carbons (Fsp3) is 0.500. The Bertz CT molecular complexity index is 400. The van der Waals surface area contributed by atoms with Crippen LogP contribution in [0.2, 0.25) is 0 Å². The fourth-order valence-electron chi connectivity index (χ4n) is 1.60. The summed E-state index contributed by atoms with van der Waals surface area (Å²) in [6.45, 7) is 1.67. The molecule has 1 aromatic heterocycles. The minimum absolute atomic E-state index is 0.134. The van der Waals surface area contributed by atoms with E-state index in [4.69, 9.17) is 0 Å². The molecule has 0 aliphatic carbocycles. The van der Waals surface area contributed by atoms with E-state index in [0.29, 0.717) is 0 Å². The van der Waals surface area contributed by atoms with Gasteiger partial charge < -0.3 is 14.9 Å². The number of rotatable bonds is 1. The van der Waals surface area contributed by atoms with Gasteiger partial charge in [0.25, 0.3) is 0 Å². The summed E-state index contributed by atoms with van der Waals surface area (Å²) in [5.41, 5.74) is -1.01. The number of nitrogens with one attached hydrogen (secondary N) is 2. The zero-order valence-electron chi connectivity index (χ0n) is 7.12. The molecular formula is C8H11N3O2. The van der Waals surface area contributed by atoms with Crippen LogP contribution < -0.4 is 16.4 Å². The summed E-state index contributed by atoms with van der Waals surface area (Å²) in [5.74, 6) is 0. The van der Waals surface area contributed by atoms with E-state index >= 15 is 0 Å². The van der Waals surface area contributed by atoms with Crippen molar-refractivity contribution < 1.29 is 0 Å². The smallest absolute Gasteiger partial charge is 0.316 e. The van der Waals surface area contributed by atoms with Crippen molar-refractivity contribution in [3.63, 3.8) is 0 Å². The summed E-state index contributed by atoms with van der Waals surface area (Å²) in [7, 11) is 0. The first kappa shape index (κ1) is 8.25. The highest BCUT2D eigenvalue weighted by molar-refractivity contribution is 4.88. The third kappa shape index (κ3) is 1.42. The van der Waals surface area contributed by atoms with Gasteiger partial charge in [0.05, 0.1) is 6.04 Å². The van der Waals surface area contributed by atoms with E-state index in [0.717, 1.165) is 19.5 Å². The number of aromatic nitrogens is 2. The number of hydrogen-bond acceptors (Lipinski definition) is 3. The summed E-state index contributed by atoms with van der Waals surface area (Å²) in [6, 6.07) is 0.134. The van der Waals surface area contributed by atoms with E-state index in [1.807, 2.05) is 0 Å². The second-order valence-corrected chi connectivity index (χ2v) is 3.15. The van der Waals surface area contributed by atoms with Crippen molar-refractivity contribution >= 4 is 0 Å². The van der Waals surface area contributed by atoms with Gasteiger partial charge in [0, 0.05) is 18.9 Å². The first-order valence-corrected chi connectivity index (χ1v) is 4.29. The molecule has 1 aromatic rings. The molecule has 2 N–H and O–H groups in total. The van der Waals surface area contributed by atoms with Gasteiger partial charge in [0.15, 0.2) is 0 Å².